The molecule has 0 radical (unpaired) electrons. The van der Waals surface area contributed by atoms with Crippen LogP contribution in [0.15, 0.2) is 36.5 Å². The molecule has 0 amide bonds. The van der Waals surface area contributed by atoms with E-state index < -0.39 is 0 Å². The van der Waals surface area contributed by atoms with Crippen LogP contribution in [0.25, 0.3) is 11.4 Å². The zero-order valence-corrected chi connectivity index (χ0v) is 10.2. The van der Waals surface area contributed by atoms with Crippen LogP contribution in [-0.2, 0) is 6.42 Å². The number of rotatable bonds is 3. The lowest BCUT2D eigenvalue weighted by Crippen LogP contribution is -1.97. The molecule has 0 fully saturated rings. The van der Waals surface area contributed by atoms with Crippen LogP contribution in [-0.4, -0.2) is 9.97 Å². The van der Waals surface area contributed by atoms with Gasteiger partial charge in [-0.25, -0.2) is 9.97 Å². The van der Waals surface area contributed by atoms with E-state index in [1.165, 1.54) is 5.56 Å². The van der Waals surface area contributed by atoms with Gasteiger partial charge in [0.25, 0.3) is 0 Å². The molecular weight excluding hydrogens is 210 g/mol. The van der Waals surface area contributed by atoms with Gasteiger partial charge in [-0.15, -0.1) is 0 Å². The topological polar surface area (TPSA) is 51.8 Å². The van der Waals surface area contributed by atoms with Gasteiger partial charge in [-0.2, -0.15) is 0 Å². The van der Waals surface area contributed by atoms with Crippen molar-refractivity contribution in [2.75, 3.05) is 5.73 Å². The monoisotopic (exact) mass is 227 g/mol. The number of nitrogens with zero attached hydrogens (tertiary/aromatic N) is 2. The third-order valence-corrected chi connectivity index (χ3v) is 2.51. The summed E-state index contributed by atoms with van der Waals surface area (Å²) in [4.78, 5) is 8.47. The quantitative estimate of drug-likeness (QED) is 0.877. The summed E-state index contributed by atoms with van der Waals surface area (Å²) in [5.74, 6) is 1.84. The Labute approximate surface area is 102 Å². The van der Waals surface area contributed by atoms with Gasteiger partial charge >= 0.3 is 0 Å². The molecule has 3 heteroatoms. The van der Waals surface area contributed by atoms with Gasteiger partial charge in [0.1, 0.15) is 5.82 Å². The van der Waals surface area contributed by atoms with E-state index in [2.05, 4.69) is 35.9 Å². The predicted octanol–water partition coefficient (Wildman–Crippen LogP) is 2.92. The Morgan fingerprint density at radius 1 is 1.24 bits per heavy atom. The first-order valence-corrected chi connectivity index (χ1v) is 5.83. The molecule has 17 heavy (non-hydrogen) atoms. The summed E-state index contributed by atoms with van der Waals surface area (Å²) in [6.07, 6.45) is 2.75. The van der Waals surface area contributed by atoms with Crippen LogP contribution in [0.1, 0.15) is 19.4 Å². The number of anilines is 1. The molecule has 2 aromatic rings. The largest absolute Gasteiger partial charge is 0.384 e. The highest BCUT2D eigenvalue weighted by Crippen LogP contribution is 2.18. The Hall–Kier alpha value is -1.90. The van der Waals surface area contributed by atoms with Crippen molar-refractivity contribution in [3.05, 3.63) is 42.1 Å². The van der Waals surface area contributed by atoms with Crippen molar-refractivity contribution >= 4 is 5.82 Å². The minimum Gasteiger partial charge on any atom is -0.384 e. The van der Waals surface area contributed by atoms with Gasteiger partial charge in [-0.3, -0.25) is 0 Å². The number of hydrogen-bond donors (Lipinski definition) is 1. The third kappa shape index (κ3) is 3.03. The highest BCUT2D eigenvalue weighted by atomic mass is 14.9. The van der Waals surface area contributed by atoms with Crippen LogP contribution < -0.4 is 5.73 Å². The van der Waals surface area contributed by atoms with Crippen molar-refractivity contribution in [3.8, 4) is 11.4 Å². The molecular formula is C14H17N3. The predicted molar refractivity (Wildman–Crippen MR) is 70.4 cm³/mol. The summed E-state index contributed by atoms with van der Waals surface area (Å²) in [6.45, 7) is 4.42. The Morgan fingerprint density at radius 3 is 2.76 bits per heavy atom. The maximum atomic E-state index is 5.66. The zero-order valence-electron chi connectivity index (χ0n) is 10.2. The van der Waals surface area contributed by atoms with Crippen LogP contribution in [0.3, 0.4) is 0 Å². The number of hydrogen-bond acceptors (Lipinski definition) is 3. The summed E-state index contributed by atoms with van der Waals surface area (Å²) >= 11 is 0. The van der Waals surface area contributed by atoms with Crippen LogP contribution in [0.2, 0.25) is 0 Å². The van der Waals surface area contributed by atoms with E-state index in [0.717, 1.165) is 12.0 Å². The van der Waals surface area contributed by atoms with Crippen molar-refractivity contribution in [2.24, 2.45) is 5.92 Å². The summed E-state index contributed by atoms with van der Waals surface area (Å²) in [5, 5.41) is 0. The lowest BCUT2D eigenvalue weighted by atomic mass is 10.0. The number of nitrogen functional groups attached to an aromatic ring is 1. The fraction of sp³-hybridized carbons (Fsp3) is 0.286. The lowest BCUT2D eigenvalue weighted by molar-refractivity contribution is 0.647. The van der Waals surface area contributed by atoms with Gasteiger partial charge in [0.2, 0.25) is 0 Å². The Bertz CT molecular complexity index is 506. The Morgan fingerprint density at radius 2 is 2.06 bits per heavy atom. The van der Waals surface area contributed by atoms with Gasteiger partial charge in [-0.05, 0) is 30.0 Å². The van der Waals surface area contributed by atoms with Crippen molar-refractivity contribution in [1.29, 1.82) is 0 Å². The summed E-state index contributed by atoms with van der Waals surface area (Å²) in [6, 6.07) is 10.0. The van der Waals surface area contributed by atoms with Gasteiger partial charge < -0.3 is 5.73 Å². The number of benzene rings is 1. The third-order valence-electron chi connectivity index (χ3n) is 2.51. The van der Waals surface area contributed by atoms with Crippen molar-refractivity contribution in [1.82, 2.24) is 9.97 Å². The van der Waals surface area contributed by atoms with E-state index in [9.17, 15) is 0 Å². The average molecular weight is 227 g/mol. The first-order chi connectivity index (χ1) is 8.15. The fourth-order valence-electron chi connectivity index (χ4n) is 1.82. The second kappa shape index (κ2) is 4.95. The minimum absolute atomic E-state index is 0.504. The van der Waals surface area contributed by atoms with Gasteiger partial charge in [-0.1, -0.05) is 32.0 Å². The Kier molecular flexibility index (Phi) is 3.38. The van der Waals surface area contributed by atoms with Crippen molar-refractivity contribution in [3.63, 3.8) is 0 Å². The standard InChI is InChI=1S/C14H17N3/c1-10(2)8-11-4-3-5-12(9-11)14-16-7-6-13(15)17-14/h3-7,9-10H,8H2,1-2H3,(H2,15,16,17). The molecule has 0 saturated heterocycles. The Balaban J connectivity index is 2.33. The van der Waals surface area contributed by atoms with E-state index in [4.69, 9.17) is 5.73 Å². The fourth-order valence-corrected chi connectivity index (χ4v) is 1.82. The van der Waals surface area contributed by atoms with Gasteiger partial charge in [0.15, 0.2) is 5.82 Å². The van der Waals surface area contributed by atoms with E-state index in [1.807, 2.05) is 12.1 Å². The molecule has 0 unspecified atom stereocenters. The molecule has 1 aromatic carbocycles. The molecule has 2 rings (SSSR count). The highest BCUT2D eigenvalue weighted by Gasteiger charge is 2.03. The van der Waals surface area contributed by atoms with Crippen molar-refractivity contribution < 1.29 is 0 Å². The molecule has 2 N–H and O–H groups in total. The molecule has 0 saturated carbocycles. The molecule has 0 spiro atoms. The molecule has 0 bridgehead atoms. The second-order valence-corrected chi connectivity index (χ2v) is 4.60. The molecule has 1 aromatic heterocycles. The number of aromatic nitrogens is 2. The first-order valence-electron chi connectivity index (χ1n) is 5.83. The summed E-state index contributed by atoms with van der Waals surface area (Å²) < 4.78 is 0. The molecule has 88 valence electrons. The molecule has 0 aliphatic carbocycles. The van der Waals surface area contributed by atoms with Crippen LogP contribution in [0, 0.1) is 5.92 Å². The van der Waals surface area contributed by atoms with E-state index in [1.54, 1.807) is 12.3 Å². The SMILES string of the molecule is CC(C)Cc1cccc(-c2nccc(N)n2)c1. The van der Waals surface area contributed by atoms with E-state index in [-0.39, 0.29) is 0 Å². The normalized spacial score (nSPS) is 10.8. The molecule has 0 aliphatic heterocycles. The summed E-state index contributed by atoms with van der Waals surface area (Å²) in [7, 11) is 0. The van der Waals surface area contributed by atoms with Crippen molar-refractivity contribution in [2.45, 2.75) is 20.3 Å². The molecule has 0 atom stereocenters. The second-order valence-electron chi connectivity index (χ2n) is 4.60. The molecule has 3 nitrogen and oxygen atoms in total. The van der Waals surface area contributed by atoms with Crippen LogP contribution >= 0.6 is 0 Å². The summed E-state index contributed by atoms with van der Waals surface area (Å²) in [5.41, 5.74) is 8.00. The molecule has 1 heterocycles. The maximum absolute atomic E-state index is 5.66. The molecule has 0 aliphatic rings. The first kappa shape index (κ1) is 11.6. The average Bonchev–Trinajstić information content (AvgIpc) is 2.28. The minimum atomic E-state index is 0.504. The highest BCUT2D eigenvalue weighted by molar-refractivity contribution is 5.57. The number of nitrogens with two attached hydrogens (primary N) is 1. The maximum Gasteiger partial charge on any atom is 0.161 e. The van der Waals surface area contributed by atoms with Gasteiger partial charge in [0, 0.05) is 11.8 Å². The van der Waals surface area contributed by atoms with E-state index in [0.29, 0.717) is 17.6 Å². The zero-order chi connectivity index (χ0) is 12.3. The van der Waals surface area contributed by atoms with Crippen LogP contribution in [0.4, 0.5) is 5.82 Å². The van der Waals surface area contributed by atoms with E-state index >= 15 is 0 Å². The van der Waals surface area contributed by atoms with Gasteiger partial charge in [0.05, 0.1) is 0 Å². The van der Waals surface area contributed by atoms with Crippen LogP contribution in [0.5, 0.6) is 0 Å². The smallest absolute Gasteiger partial charge is 0.161 e. The lowest BCUT2D eigenvalue weighted by Gasteiger charge is -2.07.